The number of rotatable bonds is 6. The zero-order chi connectivity index (χ0) is 20.4. The van der Waals surface area contributed by atoms with Crippen LogP contribution in [-0.2, 0) is 6.42 Å². The predicted octanol–water partition coefficient (Wildman–Crippen LogP) is 4.34. The normalized spacial score (nSPS) is 10.8. The topological polar surface area (TPSA) is 71.6 Å². The molecule has 2 aromatic carbocycles. The van der Waals surface area contributed by atoms with Crippen molar-refractivity contribution in [3.63, 3.8) is 0 Å². The highest BCUT2D eigenvalue weighted by Crippen LogP contribution is 2.28. The SMILES string of the molecule is COc1ccc(CCNc2cc(C)c(C#N)c3nc4ccccc4n23)cc1OC. The molecule has 0 atom stereocenters. The minimum Gasteiger partial charge on any atom is -0.493 e. The van der Waals surface area contributed by atoms with Gasteiger partial charge >= 0.3 is 0 Å². The zero-order valence-corrected chi connectivity index (χ0v) is 16.7. The van der Waals surface area contributed by atoms with Crippen LogP contribution in [-0.4, -0.2) is 30.1 Å². The summed E-state index contributed by atoms with van der Waals surface area (Å²) in [6.07, 6.45) is 0.813. The fourth-order valence-electron chi connectivity index (χ4n) is 3.60. The van der Waals surface area contributed by atoms with Crippen molar-refractivity contribution >= 4 is 22.5 Å². The fourth-order valence-corrected chi connectivity index (χ4v) is 3.60. The summed E-state index contributed by atoms with van der Waals surface area (Å²) in [5, 5.41) is 13.1. The van der Waals surface area contributed by atoms with E-state index in [2.05, 4.69) is 16.4 Å². The van der Waals surface area contributed by atoms with Gasteiger partial charge in [-0.05, 0) is 54.8 Å². The molecule has 0 bridgehead atoms. The van der Waals surface area contributed by atoms with Crippen molar-refractivity contribution in [2.45, 2.75) is 13.3 Å². The summed E-state index contributed by atoms with van der Waals surface area (Å²) >= 11 is 0. The Labute approximate surface area is 169 Å². The van der Waals surface area contributed by atoms with Gasteiger partial charge in [0.1, 0.15) is 11.9 Å². The van der Waals surface area contributed by atoms with E-state index in [0.717, 1.165) is 52.4 Å². The third-order valence-corrected chi connectivity index (χ3v) is 5.05. The van der Waals surface area contributed by atoms with Gasteiger partial charge in [-0.3, -0.25) is 4.40 Å². The fraction of sp³-hybridized carbons (Fsp3) is 0.217. The van der Waals surface area contributed by atoms with Crippen LogP contribution in [0.2, 0.25) is 0 Å². The van der Waals surface area contributed by atoms with Crippen molar-refractivity contribution in [3.8, 4) is 17.6 Å². The second-order valence-electron chi connectivity index (χ2n) is 6.83. The van der Waals surface area contributed by atoms with Gasteiger partial charge in [-0.1, -0.05) is 18.2 Å². The van der Waals surface area contributed by atoms with Crippen LogP contribution in [0.25, 0.3) is 16.7 Å². The number of benzene rings is 2. The number of nitrogens with zero attached hydrogens (tertiary/aromatic N) is 3. The lowest BCUT2D eigenvalue weighted by Crippen LogP contribution is -2.10. The molecule has 146 valence electrons. The first kappa shape index (κ1) is 18.6. The summed E-state index contributed by atoms with van der Waals surface area (Å²) in [7, 11) is 3.27. The van der Waals surface area contributed by atoms with Crippen molar-refractivity contribution in [3.05, 3.63) is 65.2 Å². The standard InChI is InChI=1S/C23H22N4O2/c1-15-12-22(25-11-10-16-8-9-20(28-2)21(13-16)29-3)27-19-7-5-4-6-18(19)26-23(27)17(15)14-24/h4-9,12-13,25H,10-11H2,1-3H3. The second kappa shape index (κ2) is 7.72. The van der Waals surface area contributed by atoms with Gasteiger partial charge in [0.25, 0.3) is 0 Å². The number of aromatic nitrogens is 2. The Morgan fingerprint density at radius 2 is 1.86 bits per heavy atom. The van der Waals surface area contributed by atoms with E-state index in [4.69, 9.17) is 9.47 Å². The van der Waals surface area contributed by atoms with Gasteiger partial charge in [0.2, 0.25) is 0 Å². The number of hydrogen-bond acceptors (Lipinski definition) is 5. The van der Waals surface area contributed by atoms with Crippen LogP contribution in [0.5, 0.6) is 11.5 Å². The molecule has 0 aliphatic heterocycles. The quantitative estimate of drug-likeness (QED) is 0.534. The van der Waals surface area contributed by atoms with E-state index in [-0.39, 0.29) is 0 Å². The van der Waals surface area contributed by atoms with Crippen LogP contribution >= 0.6 is 0 Å². The van der Waals surface area contributed by atoms with Crippen LogP contribution in [0.3, 0.4) is 0 Å². The van der Waals surface area contributed by atoms with Crippen molar-refractivity contribution in [1.29, 1.82) is 5.26 Å². The van der Waals surface area contributed by atoms with Crippen molar-refractivity contribution in [2.75, 3.05) is 26.1 Å². The summed E-state index contributed by atoms with van der Waals surface area (Å²) in [4.78, 5) is 4.69. The number of hydrogen-bond donors (Lipinski definition) is 1. The Kier molecular flexibility index (Phi) is 4.96. The molecule has 4 aromatic rings. The molecular formula is C23H22N4O2. The number of fused-ring (bicyclic) bond motifs is 3. The molecule has 1 N–H and O–H groups in total. The molecule has 0 saturated heterocycles. The van der Waals surface area contributed by atoms with Crippen molar-refractivity contribution in [1.82, 2.24) is 9.38 Å². The maximum atomic E-state index is 9.60. The second-order valence-corrected chi connectivity index (χ2v) is 6.83. The third kappa shape index (κ3) is 3.32. The van der Waals surface area contributed by atoms with Crippen LogP contribution in [0.1, 0.15) is 16.7 Å². The number of imidazole rings is 1. The van der Waals surface area contributed by atoms with Crippen LogP contribution < -0.4 is 14.8 Å². The number of anilines is 1. The van der Waals surface area contributed by atoms with Gasteiger partial charge in [0.15, 0.2) is 17.1 Å². The van der Waals surface area contributed by atoms with E-state index >= 15 is 0 Å². The molecule has 0 aliphatic carbocycles. The number of para-hydroxylation sites is 2. The third-order valence-electron chi connectivity index (χ3n) is 5.05. The highest BCUT2D eigenvalue weighted by atomic mass is 16.5. The van der Waals surface area contributed by atoms with E-state index in [1.54, 1.807) is 14.2 Å². The molecule has 2 heterocycles. The lowest BCUT2D eigenvalue weighted by atomic mass is 10.1. The molecular weight excluding hydrogens is 364 g/mol. The van der Waals surface area contributed by atoms with Crippen LogP contribution in [0, 0.1) is 18.3 Å². The predicted molar refractivity (Wildman–Crippen MR) is 114 cm³/mol. The van der Waals surface area contributed by atoms with Crippen LogP contribution in [0.15, 0.2) is 48.5 Å². The number of ether oxygens (including phenoxy) is 2. The molecule has 4 rings (SSSR count). The lowest BCUT2D eigenvalue weighted by molar-refractivity contribution is 0.354. The molecule has 0 unspecified atom stereocenters. The smallest absolute Gasteiger partial charge is 0.160 e. The van der Waals surface area contributed by atoms with Gasteiger partial charge < -0.3 is 14.8 Å². The highest BCUT2D eigenvalue weighted by molar-refractivity contribution is 5.85. The van der Waals surface area contributed by atoms with E-state index in [1.165, 1.54) is 0 Å². The highest BCUT2D eigenvalue weighted by Gasteiger charge is 2.14. The number of nitriles is 1. The van der Waals surface area contributed by atoms with E-state index in [9.17, 15) is 5.26 Å². The first-order valence-corrected chi connectivity index (χ1v) is 9.42. The Morgan fingerprint density at radius 3 is 2.62 bits per heavy atom. The Morgan fingerprint density at radius 1 is 1.07 bits per heavy atom. The van der Waals surface area contributed by atoms with Crippen molar-refractivity contribution < 1.29 is 9.47 Å². The largest absolute Gasteiger partial charge is 0.493 e. The molecule has 6 nitrogen and oxygen atoms in total. The van der Waals surface area contributed by atoms with Gasteiger partial charge in [-0.25, -0.2) is 4.98 Å². The van der Waals surface area contributed by atoms with E-state index in [1.807, 2.05) is 59.9 Å². The molecule has 2 aromatic heterocycles. The minimum absolute atomic E-state index is 0.603. The van der Waals surface area contributed by atoms with Gasteiger partial charge in [-0.15, -0.1) is 0 Å². The summed E-state index contributed by atoms with van der Waals surface area (Å²) in [5.41, 5.74) is 5.19. The molecule has 6 heteroatoms. The van der Waals surface area contributed by atoms with Gasteiger partial charge in [0, 0.05) is 6.54 Å². The number of nitrogens with one attached hydrogen (secondary N) is 1. The Hall–Kier alpha value is -3.72. The van der Waals surface area contributed by atoms with Crippen LogP contribution in [0.4, 0.5) is 5.82 Å². The molecule has 0 fully saturated rings. The number of aryl methyl sites for hydroxylation is 1. The Bertz CT molecular complexity index is 1240. The van der Waals surface area contributed by atoms with E-state index in [0.29, 0.717) is 11.2 Å². The maximum absolute atomic E-state index is 9.60. The summed E-state index contributed by atoms with van der Waals surface area (Å²) in [5.74, 6) is 2.37. The summed E-state index contributed by atoms with van der Waals surface area (Å²) < 4.78 is 12.7. The lowest BCUT2D eigenvalue weighted by Gasteiger charge is -2.13. The number of pyridine rings is 1. The molecule has 0 aliphatic rings. The zero-order valence-electron chi connectivity index (χ0n) is 16.7. The average molecular weight is 386 g/mol. The molecule has 29 heavy (non-hydrogen) atoms. The first-order valence-electron chi connectivity index (χ1n) is 9.42. The molecule has 0 spiro atoms. The Balaban J connectivity index is 1.66. The minimum atomic E-state index is 0.603. The average Bonchev–Trinajstić information content (AvgIpc) is 3.13. The maximum Gasteiger partial charge on any atom is 0.160 e. The van der Waals surface area contributed by atoms with Crippen molar-refractivity contribution in [2.24, 2.45) is 0 Å². The molecule has 0 radical (unpaired) electrons. The first-order chi connectivity index (χ1) is 14.2. The number of methoxy groups -OCH3 is 2. The summed E-state index contributed by atoms with van der Waals surface area (Å²) in [6, 6.07) is 18.2. The van der Waals surface area contributed by atoms with E-state index < -0.39 is 0 Å². The van der Waals surface area contributed by atoms with Gasteiger partial charge in [-0.2, -0.15) is 5.26 Å². The molecule has 0 saturated carbocycles. The summed E-state index contributed by atoms with van der Waals surface area (Å²) in [6.45, 7) is 2.67. The monoisotopic (exact) mass is 386 g/mol. The van der Waals surface area contributed by atoms with Gasteiger partial charge in [0.05, 0.1) is 30.8 Å². The molecule has 0 amide bonds.